The number of halogens is 1. The Hall–Kier alpha value is -1.63. The van der Waals surface area contributed by atoms with Gasteiger partial charge in [-0.25, -0.2) is 4.79 Å². The summed E-state index contributed by atoms with van der Waals surface area (Å²) in [6.07, 6.45) is 0.819. The van der Waals surface area contributed by atoms with Crippen molar-refractivity contribution in [1.82, 2.24) is 5.32 Å². The van der Waals surface area contributed by atoms with Crippen LogP contribution in [0.15, 0.2) is 16.6 Å². The molecule has 1 aromatic rings. The number of benzene rings is 1. The number of hydrogen-bond acceptors (Lipinski definition) is 3. The van der Waals surface area contributed by atoms with E-state index >= 15 is 0 Å². The van der Waals surface area contributed by atoms with E-state index in [4.69, 9.17) is 0 Å². The standard InChI is InChI=1S/C11H12BrN3O3/c1-7-5-8(12)10(6-9(7)15(17)18)14-4-2-3-13-11(14)16/h5-6H,2-4H2,1H3,(H,13,16). The average molecular weight is 314 g/mol. The number of anilines is 1. The minimum absolute atomic E-state index is 0.0200. The van der Waals surface area contributed by atoms with Gasteiger partial charge in [-0.05, 0) is 35.3 Å². The second-order valence-electron chi connectivity index (χ2n) is 4.08. The molecule has 0 bridgehead atoms. The first-order valence-corrected chi connectivity index (χ1v) is 6.30. The molecule has 1 heterocycles. The summed E-state index contributed by atoms with van der Waals surface area (Å²) in [5.74, 6) is 0. The van der Waals surface area contributed by atoms with Gasteiger partial charge < -0.3 is 5.32 Å². The highest BCUT2D eigenvalue weighted by Gasteiger charge is 2.24. The number of aryl methyl sites for hydroxylation is 1. The Morgan fingerprint density at radius 2 is 2.22 bits per heavy atom. The molecular formula is C11H12BrN3O3. The highest BCUT2D eigenvalue weighted by molar-refractivity contribution is 9.10. The first-order chi connectivity index (χ1) is 8.50. The van der Waals surface area contributed by atoms with Crippen molar-refractivity contribution in [3.63, 3.8) is 0 Å². The van der Waals surface area contributed by atoms with Crippen molar-refractivity contribution in [2.75, 3.05) is 18.0 Å². The van der Waals surface area contributed by atoms with Crippen LogP contribution in [0.1, 0.15) is 12.0 Å². The van der Waals surface area contributed by atoms with Crippen LogP contribution in [0.4, 0.5) is 16.2 Å². The number of nitrogens with zero attached hydrogens (tertiary/aromatic N) is 2. The lowest BCUT2D eigenvalue weighted by atomic mass is 10.1. The minimum atomic E-state index is -0.437. The Morgan fingerprint density at radius 3 is 2.83 bits per heavy atom. The van der Waals surface area contributed by atoms with Crippen molar-refractivity contribution in [2.45, 2.75) is 13.3 Å². The number of nitrogens with one attached hydrogen (secondary N) is 1. The number of urea groups is 1. The van der Waals surface area contributed by atoms with E-state index in [1.165, 1.54) is 11.0 Å². The number of rotatable bonds is 2. The van der Waals surface area contributed by atoms with Gasteiger partial charge in [0, 0.05) is 29.2 Å². The fourth-order valence-corrected chi connectivity index (χ4v) is 2.58. The van der Waals surface area contributed by atoms with E-state index in [1.54, 1.807) is 13.0 Å². The zero-order chi connectivity index (χ0) is 13.3. The molecule has 1 aliphatic heterocycles. The smallest absolute Gasteiger partial charge is 0.321 e. The van der Waals surface area contributed by atoms with E-state index in [2.05, 4.69) is 21.2 Å². The van der Waals surface area contributed by atoms with Crippen molar-refractivity contribution in [3.05, 3.63) is 32.3 Å². The molecule has 1 aliphatic rings. The van der Waals surface area contributed by atoms with Crippen molar-refractivity contribution in [1.29, 1.82) is 0 Å². The van der Waals surface area contributed by atoms with E-state index in [9.17, 15) is 14.9 Å². The first-order valence-electron chi connectivity index (χ1n) is 5.50. The molecule has 96 valence electrons. The molecular weight excluding hydrogens is 302 g/mol. The molecule has 1 saturated heterocycles. The maximum absolute atomic E-state index is 11.7. The van der Waals surface area contributed by atoms with Crippen LogP contribution >= 0.6 is 15.9 Å². The molecule has 0 spiro atoms. The largest absolute Gasteiger partial charge is 0.338 e. The molecule has 6 nitrogen and oxygen atoms in total. The zero-order valence-electron chi connectivity index (χ0n) is 9.77. The molecule has 18 heavy (non-hydrogen) atoms. The lowest BCUT2D eigenvalue weighted by molar-refractivity contribution is -0.385. The van der Waals surface area contributed by atoms with Crippen LogP contribution < -0.4 is 10.2 Å². The van der Waals surface area contributed by atoms with Gasteiger partial charge in [-0.3, -0.25) is 15.0 Å². The Kier molecular flexibility index (Phi) is 3.51. The maximum Gasteiger partial charge on any atom is 0.321 e. The van der Waals surface area contributed by atoms with Crippen molar-refractivity contribution in [3.8, 4) is 0 Å². The van der Waals surface area contributed by atoms with Crippen LogP contribution in [0, 0.1) is 17.0 Å². The fourth-order valence-electron chi connectivity index (χ4n) is 1.91. The Labute approximate surface area is 112 Å². The second-order valence-corrected chi connectivity index (χ2v) is 4.94. The Bertz CT molecular complexity index is 519. The van der Waals surface area contributed by atoms with Crippen LogP contribution in [0.25, 0.3) is 0 Å². The molecule has 2 rings (SSSR count). The van der Waals surface area contributed by atoms with Crippen molar-refractivity contribution < 1.29 is 9.72 Å². The quantitative estimate of drug-likeness (QED) is 0.673. The summed E-state index contributed by atoms with van der Waals surface area (Å²) < 4.78 is 0.683. The number of hydrogen-bond donors (Lipinski definition) is 1. The summed E-state index contributed by atoms with van der Waals surface area (Å²) in [6.45, 7) is 2.87. The van der Waals surface area contributed by atoms with Crippen molar-refractivity contribution in [2.24, 2.45) is 0 Å². The van der Waals surface area contributed by atoms with E-state index < -0.39 is 4.92 Å². The summed E-state index contributed by atoms with van der Waals surface area (Å²) >= 11 is 3.35. The molecule has 0 radical (unpaired) electrons. The van der Waals surface area contributed by atoms with E-state index in [-0.39, 0.29) is 11.7 Å². The molecule has 0 aromatic heterocycles. The number of carbonyl (C=O) groups is 1. The number of amides is 2. The van der Waals surface area contributed by atoms with E-state index in [0.717, 1.165) is 6.42 Å². The third-order valence-electron chi connectivity index (χ3n) is 2.83. The van der Waals surface area contributed by atoms with Gasteiger partial charge in [-0.2, -0.15) is 0 Å². The molecule has 7 heteroatoms. The minimum Gasteiger partial charge on any atom is -0.338 e. The van der Waals surface area contributed by atoms with Gasteiger partial charge in [0.15, 0.2) is 0 Å². The predicted octanol–water partition coefficient (Wildman–Crippen LogP) is 2.59. The topological polar surface area (TPSA) is 75.5 Å². The first kappa shape index (κ1) is 12.8. The van der Waals surface area contributed by atoms with Gasteiger partial charge in [0.05, 0.1) is 10.6 Å². The van der Waals surface area contributed by atoms with Gasteiger partial charge in [0.1, 0.15) is 0 Å². The third kappa shape index (κ3) is 2.31. The summed E-state index contributed by atoms with van der Waals surface area (Å²) in [5, 5.41) is 13.6. The second kappa shape index (κ2) is 4.93. The zero-order valence-corrected chi connectivity index (χ0v) is 11.4. The number of carbonyl (C=O) groups excluding carboxylic acids is 1. The summed E-state index contributed by atoms with van der Waals surface area (Å²) in [7, 11) is 0. The fraction of sp³-hybridized carbons (Fsp3) is 0.364. The van der Waals surface area contributed by atoms with Gasteiger partial charge in [-0.15, -0.1) is 0 Å². The molecule has 0 saturated carbocycles. The average Bonchev–Trinajstić information content (AvgIpc) is 2.30. The van der Waals surface area contributed by atoms with Crippen molar-refractivity contribution >= 4 is 33.3 Å². The lowest BCUT2D eigenvalue weighted by Gasteiger charge is -2.28. The highest BCUT2D eigenvalue weighted by Crippen LogP contribution is 2.33. The van der Waals surface area contributed by atoms with E-state index in [1.807, 2.05) is 0 Å². The van der Waals surface area contributed by atoms with Gasteiger partial charge >= 0.3 is 6.03 Å². The molecule has 0 atom stereocenters. The van der Waals surface area contributed by atoms with Crippen LogP contribution in [0.2, 0.25) is 0 Å². The molecule has 1 aromatic carbocycles. The maximum atomic E-state index is 11.7. The normalized spacial score (nSPS) is 15.4. The van der Waals surface area contributed by atoms with Gasteiger partial charge in [-0.1, -0.05) is 0 Å². The molecule has 1 N–H and O–H groups in total. The van der Waals surface area contributed by atoms with E-state index in [0.29, 0.717) is 28.8 Å². The van der Waals surface area contributed by atoms with Crippen LogP contribution in [0.3, 0.4) is 0 Å². The van der Waals surface area contributed by atoms with Gasteiger partial charge in [0.2, 0.25) is 0 Å². The summed E-state index contributed by atoms with van der Waals surface area (Å²) in [4.78, 5) is 23.7. The van der Waals surface area contributed by atoms with Crippen LogP contribution in [-0.4, -0.2) is 24.0 Å². The van der Waals surface area contributed by atoms with Crippen LogP contribution in [0.5, 0.6) is 0 Å². The number of nitro groups is 1. The van der Waals surface area contributed by atoms with Gasteiger partial charge in [0.25, 0.3) is 5.69 Å². The Morgan fingerprint density at radius 1 is 1.50 bits per heavy atom. The third-order valence-corrected chi connectivity index (χ3v) is 3.47. The summed E-state index contributed by atoms with van der Waals surface area (Å²) in [5.41, 5.74) is 1.11. The molecule has 1 fully saturated rings. The summed E-state index contributed by atoms with van der Waals surface area (Å²) in [6, 6.07) is 2.87. The SMILES string of the molecule is Cc1cc(Br)c(N2CCCNC2=O)cc1[N+](=O)[O-]. The molecule has 0 aliphatic carbocycles. The predicted molar refractivity (Wildman–Crippen MR) is 70.9 cm³/mol. The molecule has 0 unspecified atom stereocenters. The lowest BCUT2D eigenvalue weighted by Crippen LogP contribution is -2.46. The number of nitro benzene ring substituents is 1. The van der Waals surface area contributed by atoms with Crippen LogP contribution in [-0.2, 0) is 0 Å². The monoisotopic (exact) mass is 313 g/mol. The Balaban J connectivity index is 2.46. The molecule has 2 amide bonds. The highest BCUT2D eigenvalue weighted by atomic mass is 79.9.